The zero-order chi connectivity index (χ0) is 13.5. The van der Waals surface area contributed by atoms with E-state index in [2.05, 4.69) is 0 Å². The quantitative estimate of drug-likeness (QED) is 0.828. The summed E-state index contributed by atoms with van der Waals surface area (Å²) < 4.78 is 5.05. The van der Waals surface area contributed by atoms with Gasteiger partial charge < -0.3 is 15.4 Å². The van der Waals surface area contributed by atoms with Gasteiger partial charge in [0.1, 0.15) is 0 Å². The molecule has 0 spiro atoms. The highest BCUT2D eigenvalue weighted by atomic mass is 16.5. The van der Waals surface area contributed by atoms with Gasteiger partial charge in [-0.1, -0.05) is 12.1 Å². The van der Waals surface area contributed by atoms with Gasteiger partial charge in [-0.25, -0.2) is 0 Å². The minimum Gasteiger partial charge on any atom is -0.383 e. The van der Waals surface area contributed by atoms with Gasteiger partial charge in [0.05, 0.1) is 12.6 Å². The summed E-state index contributed by atoms with van der Waals surface area (Å²) in [5.74, 6) is 0.0128. The average Bonchev–Trinajstić information content (AvgIpc) is 2.38. The van der Waals surface area contributed by atoms with Gasteiger partial charge in [-0.2, -0.15) is 0 Å². The fraction of sp³-hybridized carbons (Fsp3) is 0.500. The van der Waals surface area contributed by atoms with Crippen molar-refractivity contribution in [3.63, 3.8) is 0 Å². The predicted octanol–water partition coefficient (Wildman–Crippen LogP) is 1.29. The largest absolute Gasteiger partial charge is 0.383 e. The van der Waals surface area contributed by atoms with Crippen molar-refractivity contribution in [1.82, 2.24) is 4.90 Å². The Morgan fingerprint density at radius 1 is 1.39 bits per heavy atom. The molecule has 0 bridgehead atoms. The third kappa shape index (κ3) is 3.82. The number of hydrogen-bond donors (Lipinski definition) is 1. The van der Waals surface area contributed by atoms with Crippen LogP contribution >= 0.6 is 0 Å². The fourth-order valence-electron chi connectivity index (χ4n) is 1.74. The van der Waals surface area contributed by atoms with Crippen LogP contribution in [0.4, 0.5) is 0 Å². The van der Waals surface area contributed by atoms with Gasteiger partial charge in [-0.15, -0.1) is 0 Å². The molecule has 2 N–H and O–H groups in total. The number of rotatable bonds is 6. The second kappa shape index (κ2) is 7.13. The minimum atomic E-state index is 0.0128. The highest BCUT2D eigenvalue weighted by molar-refractivity contribution is 5.94. The number of hydrogen-bond acceptors (Lipinski definition) is 3. The van der Waals surface area contributed by atoms with Gasteiger partial charge >= 0.3 is 0 Å². The van der Waals surface area contributed by atoms with Crippen LogP contribution in [0.15, 0.2) is 24.3 Å². The van der Waals surface area contributed by atoms with Gasteiger partial charge in [0, 0.05) is 19.7 Å². The Morgan fingerprint density at radius 3 is 2.50 bits per heavy atom. The van der Waals surface area contributed by atoms with Crippen molar-refractivity contribution in [2.75, 3.05) is 27.3 Å². The molecule has 0 radical (unpaired) electrons. The minimum absolute atomic E-state index is 0.0128. The van der Waals surface area contributed by atoms with E-state index in [0.717, 1.165) is 12.0 Å². The number of amides is 1. The molecule has 1 atom stereocenters. The van der Waals surface area contributed by atoms with Crippen LogP contribution in [0.3, 0.4) is 0 Å². The summed E-state index contributed by atoms with van der Waals surface area (Å²) in [6.07, 6.45) is 0.838. The molecule has 0 aliphatic rings. The number of benzene rings is 1. The highest BCUT2D eigenvalue weighted by Gasteiger charge is 2.16. The lowest BCUT2D eigenvalue weighted by Gasteiger charge is -2.24. The number of carbonyl (C=O) groups is 1. The van der Waals surface area contributed by atoms with Crippen molar-refractivity contribution >= 4 is 5.91 Å². The lowest BCUT2D eigenvalue weighted by molar-refractivity contribution is 0.0633. The van der Waals surface area contributed by atoms with Crippen LogP contribution in [-0.4, -0.2) is 44.2 Å². The summed E-state index contributed by atoms with van der Waals surface area (Å²) in [7, 11) is 3.43. The van der Waals surface area contributed by atoms with E-state index in [4.69, 9.17) is 10.5 Å². The Kier molecular flexibility index (Phi) is 5.82. The number of nitrogens with zero attached hydrogens (tertiary/aromatic N) is 1. The van der Waals surface area contributed by atoms with Crippen molar-refractivity contribution < 1.29 is 9.53 Å². The Labute approximate surface area is 109 Å². The van der Waals surface area contributed by atoms with Crippen LogP contribution in [0.1, 0.15) is 22.8 Å². The molecular formula is C14H22N2O2. The Bertz CT molecular complexity index is 376. The molecule has 18 heavy (non-hydrogen) atoms. The highest BCUT2D eigenvalue weighted by Crippen LogP contribution is 2.09. The fourth-order valence-corrected chi connectivity index (χ4v) is 1.74. The van der Waals surface area contributed by atoms with E-state index in [0.29, 0.717) is 18.7 Å². The number of ether oxygens (including phenoxy) is 1. The number of carbonyl (C=O) groups excluding carboxylic acids is 1. The predicted molar refractivity (Wildman–Crippen MR) is 72.6 cm³/mol. The van der Waals surface area contributed by atoms with Gasteiger partial charge in [-0.3, -0.25) is 4.79 Å². The second-order valence-electron chi connectivity index (χ2n) is 4.46. The summed E-state index contributed by atoms with van der Waals surface area (Å²) in [6, 6.07) is 7.67. The molecule has 0 saturated carbocycles. The first kappa shape index (κ1) is 14.7. The molecule has 1 aromatic rings. The van der Waals surface area contributed by atoms with Crippen LogP contribution in [-0.2, 0) is 11.2 Å². The number of likely N-dealkylation sites (N-methyl/N-ethyl adjacent to an activating group) is 1. The molecular weight excluding hydrogens is 228 g/mol. The van der Waals surface area contributed by atoms with Crippen LogP contribution in [0.5, 0.6) is 0 Å². The second-order valence-corrected chi connectivity index (χ2v) is 4.46. The lowest BCUT2D eigenvalue weighted by Crippen LogP contribution is -2.37. The maximum absolute atomic E-state index is 12.2. The lowest BCUT2D eigenvalue weighted by atomic mass is 10.1. The normalized spacial score (nSPS) is 12.2. The molecule has 0 saturated heterocycles. The topological polar surface area (TPSA) is 55.6 Å². The number of methoxy groups -OCH3 is 1. The van der Waals surface area contributed by atoms with E-state index < -0.39 is 0 Å². The molecule has 0 heterocycles. The molecule has 0 fully saturated rings. The molecule has 1 aromatic carbocycles. The summed E-state index contributed by atoms with van der Waals surface area (Å²) in [5.41, 5.74) is 7.34. The maximum atomic E-state index is 12.2. The van der Waals surface area contributed by atoms with E-state index in [1.807, 2.05) is 31.2 Å². The van der Waals surface area contributed by atoms with E-state index in [9.17, 15) is 4.79 Å². The SMILES string of the molecule is COCC(C)N(C)C(=O)c1ccc(CCN)cc1. The van der Waals surface area contributed by atoms with Crippen molar-refractivity contribution in [2.24, 2.45) is 5.73 Å². The van der Waals surface area contributed by atoms with Crippen molar-refractivity contribution in [3.8, 4) is 0 Å². The number of nitrogens with two attached hydrogens (primary N) is 1. The third-order valence-corrected chi connectivity index (χ3v) is 3.02. The first-order valence-electron chi connectivity index (χ1n) is 6.15. The van der Waals surface area contributed by atoms with Gasteiger partial charge in [0.2, 0.25) is 0 Å². The van der Waals surface area contributed by atoms with E-state index >= 15 is 0 Å². The summed E-state index contributed by atoms with van der Waals surface area (Å²) in [6.45, 7) is 3.12. The zero-order valence-electron chi connectivity index (χ0n) is 11.3. The molecule has 0 aliphatic carbocycles. The van der Waals surface area contributed by atoms with Crippen LogP contribution < -0.4 is 5.73 Å². The summed E-state index contributed by atoms with van der Waals surface area (Å²) in [5, 5.41) is 0. The molecule has 0 aliphatic heterocycles. The van der Waals surface area contributed by atoms with E-state index in [1.54, 1.807) is 19.1 Å². The van der Waals surface area contributed by atoms with Crippen molar-refractivity contribution in [3.05, 3.63) is 35.4 Å². The molecule has 1 rings (SSSR count). The Balaban J connectivity index is 2.71. The van der Waals surface area contributed by atoms with Crippen LogP contribution in [0, 0.1) is 0 Å². The third-order valence-electron chi connectivity index (χ3n) is 3.02. The monoisotopic (exact) mass is 250 g/mol. The first-order valence-corrected chi connectivity index (χ1v) is 6.15. The van der Waals surface area contributed by atoms with Gasteiger partial charge in [-0.05, 0) is 37.6 Å². The van der Waals surface area contributed by atoms with Crippen molar-refractivity contribution in [1.29, 1.82) is 0 Å². The van der Waals surface area contributed by atoms with Crippen molar-refractivity contribution in [2.45, 2.75) is 19.4 Å². The van der Waals surface area contributed by atoms with E-state index in [1.165, 1.54) is 0 Å². The molecule has 4 nitrogen and oxygen atoms in total. The standard InChI is InChI=1S/C14H22N2O2/c1-11(10-18-3)16(2)14(17)13-6-4-12(5-7-13)8-9-15/h4-7,11H,8-10,15H2,1-3H3. The summed E-state index contributed by atoms with van der Waals surface area (Å²) >= 11 is 0. The molecule has 1 unspecified atom stereocenters. The Hall–Kier alpha value is -1.39. The molecule has 0 aromatic heterocycles. The van der Waals surface area contributed by atoms with E-state index in [-0.39, 0.29) is 11.9 Å². The zero-order valence-corrected chi connectivity index (χ0v) is 11.3. The maximum Gasteiger partial charge on any atom is 0.253 e. The van der Waals surface area contributed by atoms with Gasteiger partial charge in [0.15, 0.2) is 0 Å². The van der Waals surface area contributed by atoms with Crippen LogP contribution in [0.25, 0.3) is 0 Å². The Morgan fingerprint density at radius 2 is 2.00 bits per heavy atom. The van der Waals surface area contributed by atoms with Crippen LogP contribution in [0.2, 0.25) is 0 Å². The molecule has 4 heteroatoms. The van der Waals surface area contributed by atoms with Gasteiger partial charge in [0.25, 0.3) is 5.91 Å². The molecule has 1 amide bonds. The first-order chi connectivity index (χ1) is 8.60. The average molecular weight is 250 g/mol. The summed E-state index contributed by atoms with van der Waals surface area (Å²) in [4.78, 5) is 13.9. The molecule has 100 valence electrons. The smallest absolute Gasteiger partial charge is 0.253 e.